The van der Waals surface area contributed by atoms with Gasteiger partial charge in [0.05, 0.1) is 5.75 Å². The summed E-state index contributed by atoms with van der Waals surface area (Å²) in [4.78, 5) is 0. The third kappa shape index (κ3) is 0.576. The van der Waals surface area contributed by atoms with Crippen LogP contribution in [0, 0.1) is 0 Å². The van der Waals surface area contributed by atoms with E-state index in [1.165, 1.54) is 0 Å². The molecule has 0 bridgehead atoms. The van der Waals surface area contributed by atoms with Crippen molar-refractivity contribution in [2.45, 2.75) is 24.4 Å². The molecule has 2 aliphatic rings. The van der Waals surface area contributed by atoms with Gasteiger partial charge in [0.2, 0.25) is 0 Å². The maximum absolute atomic E-state index is 10.9. The van der Waals surface area contributed by atoms with Gasteiger partial charge in [0.15, 0.2) is 15.3 Å². The number of ether oxygens (including phenoxy) is 1. The van der Waals surface area contributed by atoms with Crippen LogP contribution in [-0.2, 0) is 14.6 Å². The Morgan fingerprint density at radius 2 is 2.33 bits per heavy atom. The molecule has 0 aromatic heterocycles. The van der Waals surface area contributed by atoms with Gasteiger partial charge in [-0.1, -0.05) is 0 Å². The molecule has 2 aliphatic heterocycles. The highest BCUT2D eigenvalue weighted by Gasteiger charge is 2.64. The topological polar surface area (TPSA) is 46.7 Å². The van der Waals surface area contributed by atoms with E-state index in [0.717, 1.165) is 0 Å². The number of hydrogen-bond donors (Lipinski definition) is 0. The molecular formula is C5H8O3S. The summed E-state index contributed by atoms with van der Waals surface area (Å²) in [6.07, 6.45) is 0.681. The fourth-order valence-electron chi connectivity index (χ4n) is 1.29. The van der Waals surface area contributed by atoms with Gasteiger partial charge < -0.3 is 4.74 Å². The first kappa shape index (κ1) is 5.68. The number of epoxide rings is 1. The maximum atomic E-state index is 10.9. The van der Waals surface area contributed by atoms with Crippen LogP contribution in [0.4, 0.5) is 0 Å². The van der Waals surface area contributed by atoms with Gasteiger partial charge >= 0.3 is 0 Å². The lowest BCUT2D eigenvalue weighted by atomic mass is 10.1. The van der Waals surface area contributed by atoms with Crippen LogP contribution in [0.5, 0.6) is 0 Å². The van der Waals surface area contributed by atoms with E-state index in [1.807, 2.05) is 6.92 Å². The molecule has 2 rings (SSSR count). The Labute approximate surface area is 53.9 Å². The summed E-state index contributed by atoms with van der Waals surface area (Å²) in [5.74, 6) is 0.314. The SMILES string of the molecule is C[C@@]12CCS(=O)(=O)[C@H]1O2. The highest BCUT2D eigenvalue weighted by Crippen LogP contribution is 2.48. The van der Waals surface area contributed by atoms with Crippen LogP contribution in [0.1, 0.15) is 13.3 Å². The minimum Gasteiger partial charge on any atom is -0.349 e. The first-order valence-electron chi connectivity index (χ1n) is 2.94. The smallest absolute Gasteiger partial charge is 0.188 e. The summed E-state index contributed by atoms with van der Waals surface area (Å²) in [5, 5.41) is 0. The fraction of sp³-hybridized carbons (Fsp3) is 1.00. The minimum atomic E-state index is -2.83. The Kier molecular flexibility index (Phi) is 0.743. The van der Waals surface area contributed by atoms with Gasteiger partial charge in [-0.2, -0.15) is 0 Å². The molecule has 2 saturated heterocycles. The molecule has 0 spiro atoms. The summed E-state index contributed by atoms with van der Waals surface area (Å²) in [7, 11) is -2.83. The molecule has 0 aliphatic carbocycles. The van der Waals surface area contributed by atoms with Gasteiger partial charge in [0, 0.05) is 0 Å². The zero-order valence-corrected chi connectivity index (χ0v) is 5.94. The van der Waals surface area contributed by atoms with Crippen LogP contribution < -0.4 is 0 Å². The lowest BCUT2D eigenvalue weighted by Gasteiger charge is -1.93. The number of fused-ring (bicyclic) bond motifs is 1. The standard InChI is InChI=1S/C5H8O3S/c1-5-2-3-9(6,7)4(5)8-5/h4H,2-3H2,1H3/t4-,5-/m1/s1. The first-order chi connectivity index (χ1) is 4.05. The lowest BCUT2D eigenvalue weighted by Crippen LogP contribution is -2.06. The Balaban J connectivity index is 2.42. The average molecular weight is 148 g/mol. The number of rotatable bonds is 0. The second kappa shape index (κ2) is 1.18. The van der Waals surface area contributed by atoms with Crippen molar-refractivity contribution in [2.24, 2.45) is 0 Å². The van der Waals surface area contributed by atoms with Crippen LogP contribution in [0.3, 0.4) is 0 Å². The minimum absolute atomic E-state index is 0.293. The highest BCUT2D eigenvalue weighted by atomic mass is 32.2. The van der Waals surface area contributed by atoms with Crippen molar-refractivity contribution in [3.8, 4) is 0 Å². The summed E-state index contributed by atoms with van der Waals surface area (Å²) >= 11 is 0. The first-order valence-corrected chi connectivity index (χ1v) is 4.66. The Morgan fingerprint density at radius 1 is 1.67 bits per heavy atom. The molecule has 9 heavy (non-hydrogen) atoms. The van der Waals surface area contributed by atoms with Crippen LogP contribution in [0.2, 0.25) is 0 Å². The molecule has 3 nitrogen and oxygen atoms in total. The van der Waals surface area contributed by atoms with Crippen LogP contribution in [-0.4, -0.2) is 25.2 Å². The molecule has 0 aromatic rings. The van der Waals surface area contributed by atoms with Crippen molar-refractivity contribution < 1.29 is 13.2 Å². The normalized spacial score (nSPS) is 52.8. The summed E-state index contributed by atoms with van der Waals surface area (Å²) in [5.41, 5.74) is -0.747. The molecule has 4 heteroatoms. The molecule has 52 valence electrons. The zero-order valence-electron chi connectivity index (χ0n) is 5.12. The predicted octanol–water partition coefficient (Wildman–Crippen LogP) is -0.0801. The molecular weight excluding hydrogens is 140 g/mol. The van der Waals surface area contributed by atoms with Gasteiger partial charge in [0.1, 0.15) is 5.60 Å². The van der Waals surface area contributed by atoms with Crippen molar-refractivity contribution in [3.05, 3.63) is 0 Å². The van der Waals surface area contributed by atoms with Crippen molar-refractivity contribution in [1.29, 1.82) is 0 Å². The van der Waals surface area contributed by atoms with Crippen LogP contribution >= 0.6 is 0 Å². The molecule has 2 heterocycles. The van der Waals surface area contributed by atoms with Crippen molar-refractivity contribution in [3.63, 3.8) is 0 Å². The molecule has 0 amide bonds. The van der Waals surface area contributed by atoms with E-state index in [9.17, 15) is 8.42 Å². The van der Waals surface area contributed by atoms with E-state index in [2.05, 4.69) is 0 Å². The molecule has 0 N–H and O–H groups in total. The Morgan fingerprint density at radius 3 is 2.44 bits per heavy atom. The second-order valence-electron chi connectivity index (χ2n) is 2.88. The van der Waals surface area contributed by atoms with Gasteiger partial charge in [0.25, 0.3) is 0 Å². The third-order valence-electron chi connectivity index (χ3n) is 2.03. The molecule has 0 saturated carbocycles. The Bertz CT molecular complexity index is 243. The fourth-order valence-corrected chi connectivity index (χ4v) is 3.44. The number of sulfone groups is 1. The average Bonchev–Trinajstić information content (AvgIpc) is 2.35. The highest BCUT2D eigenvalue weighted by molar-refractivity contribution is 7.92. The van der Waals surface area contributed by atoms with Crippen molar-refractivity contribution in [2.75, 3.05) is 5.75 Å². The van der Waals surface area contributed by atoms with Crippen molar-refractivity contribution in [1.82, 2.24) is 0 Å². The number of hydrogen-bond acceptors (Lipinski definition) is 3. The van der Waals surface area contributed by atoms with Crippen LogP contribution in [0.15, 0.2) is 0 Å². The van der Waals surface area contributed by atoms with E-state index >= 15 is 0 Å². The van der Waals surface area contributed by atoms with Gasteiger partial charge in [-0.25, -0.2) is 8.42 Å². The van der Waals surface area contributed by atoms with E-state index in [4.69, 9.17) is 4.74 Å². The van der Waals surface area contributed by atoms with E-state index in [-0.39, 0.29) is 5.60 Å². The van der Waals surface area contributed by atoms with E-state index < -0.39 is 15.3 Å². The van der Waals surface area contributed by atoms with Gasteiger partial charge in [-0.3, -0.25) is 0 Å². The molecule has 2 atom stereocenters. The molecule has 0 aromatic carbocycles. The summed E-state index contributed by atoms with van der Waals surface area (Å²) in [6.45, 7) is 1.85. The quantitative estimate of drug-likeness (QED) is 0.451. The molecule has 2 fully saturated rings. The summed E-state index contributed by atoms with van der Waals surface area (Å²) < 4.78 is 26.7. The maximum Gasteiger partial charge on any atom is 0.188 e. The molecule has 0 radical (unpaired) electrons. The zero-order chi connectivity index (χ0) is 6.70. The molecule has 0 unspecified atom stereocenters. The summed E-state index contributed by atoms with van der Waals surface area (Å²) in [6, 6.07) is 0. The van der Waals surface area contributed by atoms with Gasteiger partial charge in [-0.15, -0.1) is 0 Å². The lowest BCUT2D eigenvalue weighted by molar-refractivity contribution is 0.305. The van der Waals surface area contributed by atoms with E-state index in [1.54, 1.807) is 0 Å². The van der Waals surface area contributed by atoms with E-state index in [0.29, 0.717) is 12.2 Å². The van der Waals surface area contributed by atoms with Crippen molar-refractivity contribution >= 4 is 9.84 Å². The largest absolute Gasteiger partial charge is 0.349 e. The predicted molar refractivity (Wildman–Crippen MR) is 31.7 cm³/mol. The Hall–Kier alpha value is -0.0900. The third-order valence-corrected chi connectivity index (χ3v) is 4.05. The monoisotopic (exact) mass is 148 g/mol. The second-order valence-corrected chi connectivity index (χ2v) is 5.04. The van der Waals surface area contributed by atoms with Crippen LogP contribution in [0.25, 0.3) is 0 Å². The van der Waals surface area contributed by atoms with Gasteiger partial charge in [-0.05, 0) is 13.3 Å².